The lowest BCUT2D eigenvalue weighted by atomic mass is 10.0. The zero-order chi connectivity index (χ0) is 17.9. The second kappa shape index (κ2) is 7.14. The summed E-state index contributed by atoms with van der Waals surface area (Å²) in [5.41, 5.74) is 3.34. The highest BCUT2D eigenvalue weighted by molar-refractivity contribution is 6.30. The molecule has 130 valence electrons. The van der Waals surface area contributed by atoms with Crippen LogP contribution in [0.2, 0.25) is 5.02 Å². The van der Waals surface area contributed by atoms with Crippen molar-refractivity contribution in [2.24, 2.45) is 0 Å². The quantitative estimate of drug-likeness (QED) is 0.745. The summed E-state index contributed by atoms with van der Waals surface area (Å²) in [6, 6.07) is 16.9. The van der Waals surface area contributed by atoms with E-state index >= 15 is 0 Å². The number of aromatic nitrogens is 2. The molecule has 0 saturated carbocycles. The average molecular weight is 365 g/mol. The molecule has 2 aromatic carbocycles. The number of halogens is 1. The number of amides is 1. The Kier molecular flexibility index (Phi) is 4.54. The van der Waals surface area contributed by atoms with Gasteiger partial charge in [0, 0.05) is 29.1 Å². The van der Waals surface area contributed by atoms with Crippen LogP contribution >= 0.6 is 11.6 Å². The minimum atomic E-state index is -0.112. The number of nitrogens with one attached hydrogen (secondary N) is 1. The Morgan fingerprint density at radius 3 is 2.73 bits per heavy atom. The first kappa shape index (κ1) is 16.5. The van der Waals surface area contributed by atoms with Crippen LogP contribution in [0, 0.1) is 0 Å². The molecule has 1 amide bonds. The molecule has 0 atom stereocenters. The van der Waals surface area contributed by atoms with E-state index in [1.807, 2.05) is 30.3 Å². The Labute approximate surface area is 156 Å². The normalized spacial score (nSPS) is 13.2. The van der Waals surface area contributed by atoms with E-state index in [1.165, 1.54) is 5.56 Å². The molecule has 5 nitrogen and oxygen atoms in total. The van der Waals surface area contributed by atoms with Crippen LogP contribution in [0.1, 0.15) is 22.5 Å². The second-order valence-electron chi connectivity index (χ2n) is 6.09. The van der Waals surface area contributed by atoms with E-state index in [0.29, 0.717) is 23.2 Å². The summed E-state index contributed by atoms with van der Waals surface area (Å²) in [4.78, 5) is 23.4. The van der Waals surface area contributed by atoms with Gasteiger partial charge in [-0.1, -0.05) is 29.8 Å². The molecule has 1 aliphatic heterocycles. The first-order valence-electron chi connectivity index (χ1n) is 8.46. The van der Waals surface area contributed by atoms with Crippen LogP contribution in [0.25, 0.3) is 0 Å². The van der Waals surface area contributed by atoms with Crippen molar-refractivity contribution in [3.05, 3.63) is 77.1 Å². The van der Waals surface area contributed by atoms with E-state index in [9.17, 15) is 4.79 Å². The molecule has 0 fully saturated rings. The third-order valence-electron chi connectivity index (χ3n) is 4.33. The fourth-order valence-corrected chi connectivity index (χ4v) is 3.21. The maximum atomic E-state index is 13.0. The summed E-state index contributed by atoms with van der Waals surface area (Å²) >= 11 is 5.90. The van der Waals surface area contributed by atoms with Crippen LogP contribution in [-0.4, -0.2) is 22.4 Å². The van der Waals surface area contributed by atoms with E-state index in [-0.39, 0.29) is 5.91 Å². The van der Waals surface area contributed by atoms with Gasteiger partial charge in [0.25, 0.3) is 5.91 Å². The number of rotatable bonds is 3. The minimum absolute atomic E-state index is 0.112. The molecule has 3 aromatic rings. The summed E-state index contributed by atoms with van der Waals surface area (Å²) in [6.45, 7) is 0.694. The molecule has 26 heavy (non-hydrogen) atoms. The maximum absolute atomic E-state index is 13.0. The molecular weight excluding hydrogens is 348 g/mol. The molecule has 1 aromatic heterocycles. The van der Waals surface area contributed by atoms with Crippen molar-refractivity contribution in [3.63, 3.8) is 0 Å². The van der Waals surface area contributed by atoms with Gasteiger partial charge in [0.05, 0.1) is 0 Å². The van der Waals surface area contributed by atoms with Crippen LogP contribution in [0.4, 0.5) is 17.3 Å². The second-order valence-corrected chi connectivity index (χ2v) is 6.52. The van der Waals surface area contributed by atoms with Gasteiger partial charge in [-0.25, -0.2) is 9.97 Å². The zero-order valence-corrected chi connectivity index (χ0v) is 14.8. The Hall–Kier alpha value is -2.92. The molecule has 1 N–H and O–H groups in total. The van der Waals surface area contributed by atoms with Gasteiger partial charge in [0.2, 0.25) is 5.95 Å². The number of nitrogens with zero attached hydrogens (tertiary/aromatic N) is 3. The Balaban J connectivity index is 1.59. The van der Waals surface area contributed by atoms with Gasteiger partial charge in [-0.05, 0) is 54.8 Å². The predicted molar refractivity (Wildman–Crippen MR) is 103 cm³/mol. The van der Waals surface area contributed by atoms with Crippen molar-refractivity contribution in [1.82, 2.24) is 9.97 Å². The van der Waals surface area contributed by atoms with Crippen molar-refractivity contribution in [3.8, 4) is 0 Å². The van der Waals surface area contributed by atoms with Gasteiger partial charge >= 0.3 is 0 Å². The first-order valence-corrected chi connectivity index (χ1v) is 8.84. The number of para-hydroxylation sites is 1. The van der Waals surface area contributed by atoms with E-state index in [2.05, 4.69) is 21.4 Å². The number of anilines is 3. The molecule has 4 rings (SSSR count). The summed E-state index contributed by atoms with van der Waals surface area (Å²) in [5, 5.41) is 3.75. The van der Waals surface area contributed by atoms with Gasteiger partial charge in [-0.15, -0.1) is 0 Å². The van der Waals surface area contributed by atoms with Crippen molar-refractivity contribution >= 4 is 34.8 Å². The highest BCUT2D eigenvalue weighted by Crippen LogP contribution is 2.28. The number of carbonyl (C=O) groups excluding carboxylic acids is 1. The van der Waals surface area contributed by atoms with Crippen LogP contribution in [0.5, 0.6) is 0 Å². The lowest BCUT2D eigenvalue weighted by Gasteiger charge is -2.29. The van der Waals surface area contributed by atoms with Crippen LogP contribution in [0.3, 0.4) is 0 Å². The van der Waals surface area contributed by atoms with Crippen LogP contribution in [-0.2, 0) is 6.42 Å². The molecule has 1 aliphatic rings. The zero-order valence-electron chi connectivity index (χ0n) is 14.0. The third-order valence-corrected chi connectivity index (χ3v) is 4.58. The SMILES string of the molecule is O=C(c1ccnc(Nc2ccc(Cl)cc2)n1)N1CCCc2ccccc21. The Morgan fingerprint density at radius 2 is 1.88 bits per heavy atom. The molecular formula is C20H17ClN4O. The van der Waals surface area contributed by atoms with Gasteiger partial charge in [-0.3, -0.25) is 4.79 Å². The highest BCUT2D eigenvalue weighted by atomic mass is 35.5. The summed E-state index contributed by atoms with van der Waals surface area (Å²) < 4.78 is 0. The molecule has 0 unspecified atom stereocenters. The van der Waals surface area contributed by atoms with Gasteiger partial charge in [0.1, 0.15) is 5.69 Å². The fraction of sp³-hybridized carbons (Fsp3) is 0.150. The molecule has 0 saturated heterocycles. The smallest absolute Gasteiger partial charge is 0.277 e. The molecule has 0 spiro atoms. The van der Waals surface area contributed by atoms with Gasteiger partial charge in [0.15, 0.2) is 0 Å². The topological polar surface area (TPSA) is 58.1 Å². The molecule has 2 heterocycles. The van der Waals surface area contributed by atoms with Crippen molar-refractivity contribution in [2.75, 3.05) is 16.8 Å². The third kappa shape index (κ3) is 3.39. The fourth-order valence-electron chi connectivity index (χ4n) is 3.08. The highest BCUT2D eigenvalue weighted by Gasteiger charge is 2.24. The lowest BCUT2D eigenvalue weighted by Crippen LogP contribution is -2.36. The predicted octanol–water partition coefficient (Wildman–Crippen LogP) is 4.47. The van der Waals surface area contributed by atoms with E-state index in [1.54, 1.807) is 29.3 Å². The molecule has 0 bridgehead atoms. The van der Waals surface area contributed by atoms with Gasteiger partial charge < -0.3 is 10.2 Å². The largest absolute Gasteiger partial charge is 0.324 e. The number of hydrogen-bond acceptors (Lipinski definition) is 4. The van der Waals surface area contributed by atoms with Crippen molar-refractivity contribution in [2.45, 2.75) is 12.8 Å². The molecule has 0 aliphatic carbocycles. The summed E-state index contributed by atoms with van der Waals surface area (Å²) in [6.07, 6.45) is 3.53. The summed E-state index contributed by atoms with van der Waals surface area (Å²) in [5.74, 6) is 0.266. The van der Waals surface area contributed by atoms with E-state index in [0.717, 1.165) is 24.2 Å². The monoisotopic (exact) mass is 364 g/mol. The standard InChI is InChI=1S/C20H17ClN4O/c21-15-7-9-16(10-8-15)23-20-22-12-11-17(24-20)19(26)25-13-3-5-14-4-1-2-6-18(14)25/h1-2,4,6-12H,3,5,13H2,(H,22,23,24). The summed E-state index contributed by atoms with van der Waals surface area (Å²) in [7, 11) is 0. The van der Waals surface area contributed by atoms with Crippen LogP contribution < -0.4 is 10.2 Å². The molecule has 6 heteroatoms. The van der Waals surface area contributed by atoms with E-state index in [4.69, 9.17) is 11.6 Å². The number of carbonyl (C=O) groups is 1. The number of fused-ring (bicyclic) bond motifs is 1. The average Bonchev–Trinajstić information content (AvgIpc) is 2.69. The van der Waals surface area contributed by atoms with Gasteiger partial charge in [-0.2, -0.15) is 0 Å². The van der Waals surface area contributed by atoms with Crippen molar-refractivity contribution < 1.29 is 4.79 Å². The minimum Gasteiger partial charge on any atom is -0.324 e. The first-order chi connectivity index (χ1) is 12.7. The number of hydrogen-bond donors (Lipinski definition) is 1. The van der Waals surface area contributed by atoms with E-state index < -0.39 is 0 Å². The van der Waals surface area contributed by atoms with Crippen LogP contribution in [0.15, 0.2) is 60.8 Å². The van der Waals surface area contributed by atoms with Crippen molar-refractivity contribution in [1.29, 1.82) is 0 Å². The lowest BCUT2D eigenvalue weighted by molar-refractivity contribution is 0.0980. The Morgan fingerprint density at radius 1 is 1.08 bits per heavy atom. The molecule has 0 radical (unpaired) electrons. The number of aryl methyl sites for hydroxylation is 1. The Bertz CT molecular complexity index is 943. The maximum Gasteiger partial charge on any atom is 0.277 e. The number of benzene rings is 2.